The Hall–Kier alpha value is -2.96. The fourth-order valence-corrected chi connectivity index (χ4v) is 4.74. The molecule has 3 aromatic rings. The Bertz CT molecular complexity index is 1160. The Balaban J connectivity index is 1.42. The lowest BCUT2D eigenvalue weighted by Crippen LogP contribution is -2.39. The quantitative estimate of drug-likeness (QED) is 0.483. The first-order valence-corrected chi connectivity index (χ1v) is 12.2. The number of rotatable bonds is 8. The summed E-state index contributed by atoms with van der Waals surface area (Å²) >= 11 is 0. The Morgan fingerprint density at radius 1 is 1.08 bits per heavy atom. The largest absolute Gasteiger partial charge is 0.416 e. The van der Waals surface area contributed by atoms with Crippen molar-refractivity contribution in [2.75, 3.05) is 62.8 Å². The first kappa shape index (κ1) is 24.7. The maximum atomic E-state index is 13.0. The van der Waals surface area contributed by atoms with Crippen molar-refractivity contribution < 1.29 is 23.0 Å². The van der Waals surface area contributed by atoms with Crippen LogP contribution in [0.1, 0.15) is 24.0 Å². The Kier molecular flexibility index (Phi) is 7.26. The van der Waals surface area contributed by atoms with Crippen LogP contribution in [0.4, 0.5) is 24.9 Å². The Morgan fingerprint density at radius 2 is 1.86 bits per heavy atom. The smallest absolute Gasteiger partial charge is 0.394 e. The van der Waals surface area contributed by atoms with Crippen LogP contribution in [-0.4, -0.2) is 88.1 Å². The molecule has 2 aliphatic rings. The maximum Gasteiger partial charge on any atom is 0.416 e. The zero-order valence-electron chi connectivity index (χ0n) is 19.9. The Labute approximate surface area is 206 Å². The molecule has 194 valence electrons. The second-order valence-electron chi connectivity index (χ2n) is 9.16. The molecule has 2 fully saturated rings. The molecule has 0 bridgehead atoms. The van der Waals surface area contributed by atoms with E-state index in [0.717, 1.165) is 64.4 Å². The van der Waals surface area contributed by atoms with Crippen molar-refractivity contribution in [2.24, 2.45) is 0 Å². The summed E-state index contributed by atoms with van der Waals surface area (Å²) in [6, 6.07) is 5.07. The number of nitrogens with one attached hydrogen (secondary N) is 1. The van der Waals surface area contributed by atoms with Gasteiger partial charge in [0.1, 0.15) is 0 Å². The summed E-state index contributed by atoms with van der Waals surface area (Å²) in [5.41, 5.74) is 1.23. The van der Waals surface area contributed by atoms with Crippen molar-refractivity contribution in [3.05, 3.63) is 41.7 Å². The molecule has 1 atom stereocenters. The number of alkyl halides is 3. The second kappa shape index (κ2) is 10.6. The van der Waals surface area contributed by atoms with Crippen molar-refractivity contribution in [3.63, 3.8) is 0 Å². The van der Waals surface area contributed by atoms with Gasteiger partial charge in [-0.25, -0.2) is 4.98 Å². The fourth-order valence-electron chi connectivity index (χ4n) is 4.74. The van der Waals surface area contributed by atoms with E-state index < -0.39 is 11.7 Å². The zero-order chi connectivity index (χ0) is 25.1. The van der Waals surface area contributed by atoms with Crippen LogP contribution in [0.15, 0.2) is 30.6 Å². The first-order valence-electron chi connectivity index (χ1n) is 12.2. The highest BCUT2D eigenvalue weighted by Gasteiger charge is 2.30. The minimum atomic E-state index is -4.37. The number of imidazole rings is 1. The highest BCUT2D eigenvalue weighted by Crippen LogP contribution is 2.30. The van der Waals surface area contributed by atoms with E-state index in [2.05, 4.69) is 15.2 Å². The molecular formula is C24H30F3N7O2. The summed E-state index contributed by atoms with van der Waals surface area (Å²) < 4.78 is 46.1. The van der Waals surface area contributed by atoms with Crippen LogP contribution >= 0.6 is 0 Å². The van der Waals surface area contributed by atoms with Gasteiger partial charge in [-0.3, -0.25) is 4.90 Å². The molecule has 0 radical (unpaired) electrons. The minimum absolute atomic E-state index is 0.0198. The molecule has 0 saturated carbocycles. The average molecular weight is 506 g/mol. The predicted octanol–water partition coefficient (Wildman–Crippen LogP) is 2.60. The molecule has 1 aromatic carbocycles. The number of aliphatic hydroxyl groups excluding tert-OH is 1. The van der Waals surface area contributed by atoms with E-state index in [1.165, 1.54) is 12.1 Å². The van der Waals surface area contributed by atoms with E-state index in [-0.39, 0.29) is 12.6 Å². The number of aliphatic hydroxyl groups is 1. The van der Waals surface area contributed by atoms with Crippen LogP contribution in [0.5, 0.6) is 0 Å². The third-order valence-corrected chi connectivity index (χ3v) is 6.76. The fraction of sp³-hybridized carbons (Fsp3) is 0.542. The van der Waals surface area contributed by atoms with Gasteiger partial charge in [0.25, 0.3) is 0 Å². The lowest BCUT2D eigenvalue weighted by molar-refractivity contribution is -0.137. The standard InChI is InChI=1S/C24H30F3N7O2/c25-24(26,27)18-5-3-17(4-6-18)14-33-16-29-20-21(28-7-9-32-10-12-36-13-11-32)30-23(31-22(20)33)34-8-1-2-19(34)15-35/h3-6,16,19,35H,1-2,7-15H2,(H,28,30,31). The van der Waals surface area contributed by atoms with Crippen LogP contribution in [0.3, 0.4) is 0 Å². The third-order valence-electron chi connectivity index (χ3n) is 6.76. The molecule has 2 aromatic heterocycles. The van der Waals surface area contributed by atoms with Gasteiger partial charge in [-0.2, -0.15) is 23.1 Å². The summed E-state index contributed by atoms with van der Waals surface area (Å²) in [6.45, 7) is 5.83. The summed E-state index contributed by atoms with van der Waals surface area (Å²) in [7, 11) is 0. The van der Waals surface area contributed by atoms with Gasteiger partial charge in [0.05, 0.1) is 44.3 Å². The monoisotopic (exact) mass is 505 g/mol. The van der Waals surface area contributed by atoms with Gasteiger partial charge in [-0.05, 0) is 30.5 Å². The van der Waals surface area contributed by atoms with Crippen LogP contribution in [0, 0.1) is 0 Å². The average Bonchev–Trinajstić information content (AvgIpc) is 3.52. The molecular weight excluding hydrogens is 475 g/mol. The molecule has 2 aliphatic heterocycles. The van der Waals surface area contributed by atoms with Crippen LogP contribution < -0.4 is 10.2 Å². The van der Waals surface area contributed by atoms with Gasteiger partial charge in [0, 0.05) is 32.7 Å². The number of anilines is 2. The van der Waals surface area contributed by atoms with Gasteiger partial charge in [0.2, 0.25) is 5.95 Å². The molecule has 4 heterocycles. The van der Waals surface area contributed by atoms with Crippen molar-refractivity contribution in [2.45, 2.75) is 31.6 Å². The molecule has 2 saturated heterocycles. The number of nitrogens with zero attached hydrogens (tertiary/aromatic N) is 6. The summed E-state index contributed by atoms with van der Waals surface area (Å²) in [4.78, 5) is 18.4. The number of fused-ring (bicyclic) bond motifs is 1. The number of benzene rings is 1. The van der Waals surface area contributed by atoms with Gasteiger partial charge in [-0.1, -0.05) is 12.1 Å². The molecule has 5 rings (SSSR count). The number of aromatic nitrogens is 4. The van der Waals surface area contributed by atoms with Crippen molar-refractivity contribution in [3.8, 4) is 0 Å². The van der Waals surface area contributed by atoms with Gasteiger partial charge in [-0.15, -0.1) is 0 Å². The molecule has 36 heavy (non-hydrogen) atoms. The first-order chi connectivity index (χ1) is 17.4. The second-order valence-corrected chi connectivity index (χ2v) is 9.16. The normalized spacial score (nSPS) is 19.3. The topological polar surface area (TPSA) is 91.6 Å². The van der Waals surface area contributed by atoms with Crippen molar-refractivity contribution >= 4 is 22.9 Å². The lowest BCUT2D eigenvalue weighted by Gasteiger charge is -2.27. The Morgan fingerprint density at radius 3 is 2.58 bits per heavy atom. The van der Waals surface area contributed by atoms with Crippen LogP contribution in [0.25, 0.3) is 11.2 Å². The molecule has 0 aliphatic carbocycles. The highest BCUT2D eigenvalue weighted by molar-refractivity contribution is 5.84. The summed E-state index contributed by atoms with van der Waals surface area (Å²) in [6.07, 6.45) is -0.926. The van der Waals surface area contributed by atoms with Crippen molar-refractivity contribution in [1.82, 2.24) is 24.4 Å². The van der Waals surface area contributed by atoms with Gasteiger partial charge < -0.3 is 24.6 Å². The highest BCUT2D eigenvalue weighted by atomic mass is 19.4. The summed E-state index contributed by atoms with van der Waals surface area (Å²) in [5, 5.41) is 13.2. The SMILES string of the molecule is OCC1CCCN1c1nc(NCCN2CCOCC2)c2ncn(Cc3ccc(C(F)(F)F)cc3)c2n1. The number of ether oxygens (including phenoxy) is 1. The predicted molar refractivity (Wildman–Crippen MR) is 129 cm³/mol. The summed E-state index contributed by atoms with van der Waals surface area (Å²) in [5.74, 6) is 1.13. The van der Waals surface area contributed by atoms with E-state index in [0.29, 0.717) is 41.6 Å². The van der Waals surface area contributed by atoms with E-state index in [4.69, 9.17) is 14.7 Å². The van der Waals surface area contributed by atoms with Crippen LogP contribution in [-0.2, 0) is 17.5 Å². The van der Waals surface area contributed by atoms with E-state index in [1.54, 1.807) is 6.33 Å². The molecule has 0 spiro atoms. The third kappa shape index (κ3) is 5.40. The number of halogens is 3. The van der Waals surface area contributed by atoms with Crippen molar-refractivity contribution in [1.29, 1.82) is 0 Å². The maximum absolute atomic E-state index is 13.0. The van der Waals surface area contributed by atoms with E-state index in [9.17, 15) is 18.3 Å². The number of hydrogen-bond donors (Lipinski definition) is 2. The number of morpholine rings is 1. The minimum Gasteiger partial charge on any atom is -0.394 e. The molecule has 12 heteroatoms. The zero-order valence-corrected chi connectivity index (χ0v) is 19.9. The van der Waals surface area contributed by atoms with Gasteiger partial charge in [0.15, 0.2) is 17.0 Å². The number of hydrogen-bond acceptors (Lipinski definition) is 8. The van der Waals surface area contributed by atoms with Crippen LogP contribution in [0.2, 0.25) is 0 Å². The lowest BCUT2D eigenvalue weighted by atomic mass is 10.1. The molecule has 0 amide bonds. The molecule has 9 nitrogen and oxygen atoms in total. The molecule has 2 N–H and O–H groups in total. The molecule has 1 unspecified atom stereocenters. The van der Waals surface area contributed by atoms with E-state index >= 15 is 0 Å². The van der Waals surface area contributed by atoms with Gasteiger partial charge >= 0.3 is 6.18 Å². The van der Waals surface area contributed by atoms with E-state index in [1.807, 2.05) is 9.47 Å².